The molecule has 2 aromatic rings. The molecule has 0 aliphatic carbocycles. The number of ether oxygens (including phenoxy) is 1. The first-order chi connectivity index (χ1) is 13.5. The number of carboxylic acid groups (broad SMARTS) is 1. The quantitative estimate of drug-likeness (QED) is 0.655. The average Bonchev–Trinajstić information content (AvgIpc) is 3.07. The van der Waals surface area contributed by atoms with Crippen molar-refractivity contribution in [3.05, 3.63) is 30.0 Å². The average molecular weight is 385 g/mol. The summed E-state index contributed by atoms with van der Waals surface area (Å²) in [5, 5.41) is 14.6. The minimum absolute atomic E-state index is 0.359. The van der Waals surface area contributed by atoms with E-state index in [0.29, 0.717) is 29.1 Å². The van der Waals surface area contributed by atoms with Gasteiger partial charge in [0.25, 0.3) is 0 Å². The van der Waals surface area contributed by atoms with Crippen LogP contribution in [0.25, 0.3) is 0 Å². The number of methoxy groups -OCH3 is 1. The Hall–Kier alpha value is -3.03. The van der Waals surface area contributed by atoms with Gasteiger partial charge in [-0.2, -0.15) is 4.98 Å². The molecule has 3 N–H and O–H groups in total. The molecule has 0 spiro atoms. The van der Waals surface area contributed by atoms with Crippen LogP contribution < -0.4 is 20.3 Å². The molecule has 1 saturated heterocycles. The number of nitrogens with zero attached hydrogens (tertiary/aromatic N) is 3. The Bertz CT molecular complexity index is 843. The smallest absolute Gasteiger partial charge is 0.409 e. The Balaban J connectivity index is 1.90. The lowest BCUT2D eigenvalue weighted by atomic mass is 10.2. The Labute approximate surface area is 165 Å². The Morgan fingerprint density at radius 3 is 2.82 bits per heavy atom. The number of anilines is 4. The molecule has 2 heterocycles. The van der Waals surface area contributed by atoms with Gasteiger partial charge in [0.1, 0.15) is 11.6 Å². The summed E-state index contributed by atoms with van der Waals surface area (Å²) in [7, 11) is 1.50. The van der Waals surface area contributed by atoms with Crippen molar-refractivity contribution in [1.29, 1.82) is 0 Å². The Kier molecular flexibility index (Phi) is 6.18. The molecule has 8 heteroatoms. The van der Waals surface area contributed by atoms with Crippen molar-refractivity contribution in [2.45, 2.75) is 45.6 Å². The summed E-state index contributed by atoms with van der Waals surface area (Å²) in [6.07, 6.45) is 3.06. The predicted molar refractivity (Wildman–Crippen MR) is 110 cm³/mol. The molecule has 150 valence electrons. The highest BCUT2D eigenvalue weighted by Gasteiger charge is 2.22. The number of nitrogens with one attached hydrogen (secondary N) is 2. The lowest BCUT2D eigenvalue weighted by Crippen LogP contribution is -2.27. The number of aryl methyl sites for hydroxylation is 1. The molecule has 28 heavy (non-hydrogen) atoms. The standard InChI is InChI=1S/C20H27N5O3/c1-4-6-14-12-18(25-10-5-7-13(25)2)24-19(21-14)22-15-8-9-17(28-3)16(11-15)23-20(26)27/h8-9,11-13,23H,4-7,10H2,1-3H3,(H,26,27)(H,21,22,24)/t13-/m1/s1. The van der Waals surface area contributed by atoms with Crippen LogP contribution in [0.1, 0.15) is 38.8 Å². The fourth-order valence-electron chi connectivity index (χ4n) is 3.47. The topological polar surface area (TPSA) is 99.6 Å². The van der Waals surface area contributed by atoms with Gasteiger partial charge in [-0.05, 0) is 44.4 Å². The van der Waals surface area contributed by atoms with E-state index in [9.17, 15) is 4.79 Å². The maximum Gasteiger partial charge on any atom is 0.409 e. The summed E-state index contributed by atoms with van der Waals surface area (Å²) in [5.41, 5.74) is 2.03. The molecule has 0 saturated carbocycles. The third kappa shape index (κ3) is 4.62. The number of hydrogen-bond donors (Lipinski definition) is 3. The second-order valence-electron chi connectivity index (χ2n) is 6.95. The number of carbonyl (C=O) groups is 1. The molecule has 0 radical (unpaired) electrons. The first-order valence-corrected chi connectivity index (χ1v) is 9.59. The molecule has 8 nitrogen and oxygen atoms in total. The maximum atomic E-state index is 11.0. The fraction of sp³-hybridized carbons (Fsp3) is 0.450. The highest BCUT2D eigenvalue weighted by atomic mass is 16.5. The van der Waals surface area contributed by atoms with E-state index >= 15 is 0 Å². The molecule has 1 atom stereocenters. The predicted octanol–water partition coefficient (Wildman–Crippen LogP) is 4.26. The Morgan fingerprint density at radius 2 is 2.18 bits per heavy atom. The van der Waals surface area contributed by atoms with Crippen LogP contribution in [0.3, 0.4) is 0 Å². The third-order valence-corrected chi connectivity index (χ3v) is 4.82. The molecule has 1 aliphatic heterocycles. The van der Waals surface area contributed by atoms with Crippen LogP contribution in [0, 0.1) is 0 Å². The third-order valence-electron chi connectivity index (χ3n) is 4.82. The van der Waals surface area contributed by atoms with Crippen LogP contribution in [0.4, 0.5) is 27.9 Å². The van der Waals surface area contributed by atoms with Crippen LogP contribution >= 0.6 is 0 Å². The van der Waals surface area contributed by atoms with Gasteiger partial charge < -0.3 is 20.1 Å². The van der Waals surface area contributed by atoms with Crippen molar-refractivity contribution >= 4 is 29.2 Å². The zero-order chi connectivity index (χ0) is 20.1. The summed E-state index contributed by atoms with van der Waals surface area (Å²) < 4.78 is 5.21. The second kappa shape index (κ2) is 8.77. The van der Waals surface area contributed by atoms with Crippen LogP contribution in [-0.4, -0.2) is 40.9 Å². The molecule has 1 aliphatic rings. The maximum absolute atomic E-state index is 11.0. The minimum atomic E-state index is -1.15. The van der Waals surface area contributed by atoms with Crippen LogP contribution in [-0.2, 0) is 6.42 Å². The van der Waals surface area contributed by atoms with Gasteiger partial charge in [-0.1, -0.05) is 13.3 Å². The number of amides is 1. The van der Waals surface area contributed by atoms with Gasteiger partial charge in [-0.15, -0.1) is 0 Å². The molecule has 3 rings (SSSR count). The van der Waals surface area contributed by atoms with E-state index in [1.807, 2.05) is 0 Å². The number of aromatic nitrogens is 2. The highest BCUT2D eigenvalue weighted by Crippen LogP contribution is 2.30. The van der Waals surface area contributed by atoms with Crippen molar-refractivity contribution in [3.8, 4) is 5.75 Å². The number of rotatable bonds is 7. The zero-order valence-electron chi connectivity index (χ0n) is 16.5. The first-order valence-electron chi connectivity index (χ1n) is 9.59. The van der Waals surface area contributed by atoms with Crippen molar-refractivity contribution in [2.75, 3.05) is 29.2 Å². The highest BCUT2D eigenvalue weighted by molar-refractivity contribution is 5.86. The van der Waals surface area contributed by atoms with E-state index in [2.05, 4.69) is 40.4 Å². The molecule has 1 aromatic carbocycles. The van der Waals surface area contributed by atoms with Gasteiger partial charge >= 0.3 is 6.09 Å². The van der Waals surface area contributed by atoms with Gasteiger partial charge in [-0.25, -0.2) is 9.78 Å². The van der Waals surface area contributed by atoms with E-state index in [0.717, 1.165) is 30.9 Å². The van der Waals surface area contributed by atoms with Crippen molar-refractivity contribution in [3.63, 3.8) is 0 Å². The number of hydrogen-bond acceptors (Lipinski definition) is 6. The van der Waals surface area contributed by atoms with E-state index in [4.69, 9.17) is 14.8 Å². The molecule has 0 bridgehead atoms. The summed E-state index contributed by atoms with van der Waals surface area (Å²) in [4.78, 5) is 22.7. The largest absolute Gasteiger partial charge is 0.495 e. The van der Waals surface area contributed by atoms with E-state index in [-0.39, 0.29) is 0 Å². The summed E-state index contributed by atoms with van der Waals surface area (Å²) in [6, 6.07) is 7.71. The SMILES string of the molecule is CCCc1cc(N2CCC[C@H]2C)nc(Nc2ccc(OC)c(NC(=O)O)c2)n1. The van der Waals surface area contributed by atoms with Crippen LogP contribution in [0.5, 0.6) is 5.75 Å². The molecular weight excluding hydrogens is 358 g/mol. The van der Waals surface area contributed by atoms with Gasteiger partial charge in [0.15, 0.2) is 0 Å². The number of benzene rings is 1. The van der Waals surface area contributed by atoms with Crippen LogP contribution in [0.15, 0.2) is 24.3 Å². The van der Waals surface area contributed by atoms with Crippen molar-refractivity contribution in [1.82, 2.24) is 9.97 Å². The van der Waals surface area contributed by atoms with Crippen molar-refractivity contribution in [2.24, 2.45) is 0 Å². The van der Waals surface area contributed by atoms with E-state index in [1.54, 1.807) is 18.2 Å². The Morgan fingerprint density at radius 1 is 1.36 bits per heavy atom. The van der Waals surface area contributed by atoms with Gasteiger partial charge in [0, 0.05) is 30.0 Å². The molecule has 0 unspecified atom stereocenters. The van der Waals surface area contributed by atoms with E-state index < -0.39 is 6.09 Å². The molecule has 1 fully saturated rings. The molecule has 1 aromatic heterocycles. The monoisotopic (exact) mass is 385 g/mol. The summed E-state index contributed by atoms with van der Waals surface area (Å²) in [6.45, 7) is 5.34. The van der Waals surface area contributed by atoms with Gasteiger partial charge in [-0.3, -0.25) is 5.32 Å². The van der Waals surface area contributed by atoms with Gasteiger partial charge in [0.2, 0.25) is 5.95 Å². The van der Waals surface area contributed by atoms with E-state index in [1.165, 1.54) is 20.0 Å². The molecule has 1 amide bonds. The minimum Gasteiger partial charge on any atom is -0.495 e. The lowest BCUT2D eigenvalue weighted by Gasteiger charge is -2.23. The molecular formula is C20H27N5O3. The second-order valence-corrected chi connectivity index (χ2v) is 6.95. The first kappa shape index (κ1) is 19.7. The normalized spacial score (nSPS) is 16.1. The fourth-order valence-corrected chi connectivity index (χ4v) is 3.47. The van der Waals surface area contributed by atoms with Gasteiger partial charge in [0.05, 0.1) is 12.8 Å². The lowest BCUT2D eigenvalue weighted by molar-refractivity contribution is 0.209. The van der Waals surface area contributed by atoms with Crippen LogP contribution in [0.2, 0.25) is 0 Å². The summed E-state index contributed by atoms with van der Waals surface area (Å²) in [5.74, 6) is 1.88. The summed E-state index contributed by atoms with van der Waals surface area (Å²) >= 11 is 0. The zero-order valence-corrected chi connectivity index (χ0v) is 16.5. The van der Waals surface area contributed by atoms with Crippen molar-refractivity contribution < 1.29 is 14.6 Å².